The van der Waals surface area contributed by atoms with Gasteiger partial charge < -0.3 is 9.64 Å². The molecule has 0 aromatic heterocycles. The number of rotatable bonds is 3. The van der Waals surface area contributed by atoms with E-state index in [1.807, 2.05) is 17.0 Å². The summed E-state index contributed by atoms with van der Waals surface area (Å²) in [6.07, 6.45) is 2.61. The molecule has 4 rings (SSSR count). The van der Waals surface area contributed by atoms with Gasteiger partial charge >= 0.3 is 0 Å². The minimum absolute atomic E-state index is 0.192. The molecule has 3 fully saturated rings. The number of carbonyl (C=O) groups is 1. The van der Waals surface area contributed by atoms with Crippen molar-refractivity contribution in [2.45, 2.75) is 19.4 Å². The van der Waals surface area contributed by atoms with Crippen molar-refractivity contribution in [3.8, 4) is 0 Å². The van der Waals surface area contributed by atoms with E-state index in [-0.39, 0.29) is 5.91 Å². The van der Waals surface area contributed by atoms with Gasteiger partial charge in [-0.3, -0.25) is 9.69 Å². The van der Waals surface area contributed by atoms with Crippen molar-refractivity contribution < 1.29 is 9.53 Å². The average Bonchev–Trinajstić information content (AvgIpc) is 3.23. The van der Waals surface area contributed by atoms with Crippen LogP contribution in [0.1, 0.15) is 28.8 Å². The lowest BCUT2D eigenvalue weighted by Crippen LogP contribution is -2.30. The molecule has 1 amide bonds. The summed E-state index contributed by atoms with van der Waals surface area (Å²) >= 11 is 0. The number of hydrogen-bond donors (Lipinski definition) is 0. The number of amides is 1. The van der Waals surface area contributed by atoms with E-state index in [0.29, 0.717) is 11.8 Å². The molecule has 0 spiro atoms. The predicted octanol–water partition coefficient (Wildman–Crippen LogP) is 2.00. The molecule has 118 valence electrons. The molecule has 22 heavy (non-hydrogen) atoms. The largest absolute Gasteiger partial charge is 0.381 e. The van der Waals surface area contributed by atoms with Crippen LogP contribution in [0.25, 0.3) is 0 Å². The molecule has 0 N–H and O–H groups in total. The van der Waals surface area contributed by atoms with Crippen molar-refractivity contribution in [2.75, 3.05) is 39.4 Å². The summed E-state index contributed by atoms with van der Waals surface area (Å²) in [7, 11) is 0. The third-order valence-corrected chi connectivity index (χ3v) is 5.31. The van der Waals surface area contributed by atoms with Crippen LogP contribution in [0.3, 0.4) is 0 Å². The van der Waals surface area contributed by atoms with E-state index < -0.39 is 0 Å². The first-order valence-electron chi connectivity index (χ1n) is 8.48. The Kier molecular flexibility index (Phi) is 3.89. The highest BCUT2D eigenvalue weighted by molar-refractivity contribution is 5.94. The molecule has 2 atom stereocenters. The standard InChI is InChI=1S/C18H24N2O2/c21-18(20-10-16-12-22-13-17(16)11-20)15-5-3-4-14(8-15)9-19-6-1-2-7-19/h3-5,8,16-17H,1-2,6-7,9-13H2/t16-,17+. The summed E-state index contributed by atoms with van der Waals surface area (Å²) in [6, 6.07) is 8.21. The molecule has 4 heteroatoms. The molecule has 3 aliphatic rings. The summed E-state index contributed by atoms with van der Waals surface area (Å²) in [6.45, 7) is 6.72. The Hall–Kier alpha value is -1.39. The van der Waals surface area contributed by atoms with Gasteiger partial charge in [-0.05, 0) is 43.6 Å². The van der Waals surface area contributed by atoms with Gasteiger partial charge in [0.1, 0.15) is 0 Å². The Balaban J connectivity index is 1.44. The van der Waals surface area contributed by atoms with Gasteiger partial charge in [-0.2, -0.15) is 0 Å². The zero-order valence-electron chi connectivity index (χ0n) is 13.0. The van der Waals surface area contributed by atoms with Crippen LogP contribution in [-0.2, 0) is 11.3 Å². The molecule has 1 aromatic carbocycles. The maximum atomic E-state index is 12.7. The van der Waals surface area contributed by atoms with Crippen LogP contribution in [0.2, 0.25) is 0 Å². The first-order chi connectivity index (χ1) is 10.8. The first kappa shape index (κ1) is 14.2. The third-order valence-electron chi connectivity index (χ3n) is 5.31. The summed E-state index contributed by atoms with van der Waals surface area (Å²) in [5.41, 5.74) is 2.10. The summed E-state index contributed by atoms with van der Waals surface area (Å²) in [5, 5.41) is 0. The molecule has 4 nitrogen and oxygen atoms in total. The molecule has 3 saturated heterocycles. The second kappa shape index (κ2) is 6.01. The Morgan fingerprint density at radius 2 is 1.86 bits per heavy atom. The molecule has 3 aliphatic heterocycles. The minimum atomic E-state index is 0.192. The van der Waals surface area contributed by atoms with Gasteiger partial charge in [-0.15, -0.1) is 0 Å². The van der Waals surface area contributed by atoms with Gasteiger partial charge in [-0.25, -0.2) is 0 Å². The SMILES string of the molecule is O=C(c1cccc(CN2CCCC2)c1)N1C[C@H]2COC[C@H]2C1. The Morgan fingerprint density at radius 3 is 2.59 bits per heavy atom. The molecular weight excluding hydrogens is 276 g/mol. The van der Waals surface area contributed by atoms with Crippen molar-refractivity contribution in [3.63, 3.8) is 0 Å². The number of nitrogens with zero attached hydrogens (tertiary/aromatic N) is 2. The van der Waals surface area contributed by atoms with E-state index in [2.05, 4.69) is 17.0 Å². The minimum Gasteiger partial charge on any atom is -0.381 e. The number of carbonyl (C=O) groups excluding carboxylic acids is 1. The van der Waals surface area contributed by atoms with Crippen molar-refractivity contribution in [2.24, 2.45) is 11.8 Å². The van der Waals surface area contributed by atoms with Crippen molar-refractivity contribution in [1.29, 1.82) is 0 Å². The first-order valence-corrected chi connectivity index (χ1v) is 8.48. The third kappa shape index (κ3) is 2.77. The second-order valence-corrected chi connectivity index (χ2v) is 6.95. The van der Waals surface area contributed by atoms with Crippen LogP contribution < -0.4 is 0 Å². The molecule has 3 heterocycles. The normalized spacial score (nSPS) is 28.3. The number of hydrogen-bond acceptors (Lipinski definition) is 3. The van der Waals surface area contributed by atoms with Gasteiger partial charge in [0.05, 0.1) is 13.2 Å². The maximum Gasteiger partial charge on any atom is 0.253 e. The zero-order chi connectivity index (χ0) is 14.9. The molecule has 0 bridgehead atoms. The fourth-order valence-corrected chi connectivity index (χ4v) is 4.04. The van der Waals surface area contributed by atoms with E-state index in [9.17, 15) is 4.79 Å². The summed E-state index contributed by atoms with van der Waals surface area (Å²) in [5.74, 6) is 1.30. The van der Waals surface area contributed by atoms with E-state index in [0.717, 1.165) is 38.4 Å². The highest BCUT2D eigenvalue weighted by Gasteiger charge is 2.39. The lowest BCUT2D eigenvalue weighted by atomic mass is 10.0. The van der Waals surface area contributed by atoms with Crippen LogP contribution >= 0.6 is 0 Å². The van der Waals surface area contributed by atoms with Gasteiger partial charge in [0.15, 0.2) is 0 Å². The Labute approximate surface area is 132 Å². The van der Waals surface area contributed by atoms with Crippen LogP contribution in [0.15, 0.2) is 24.3 Å². The lowest BCUT2D eigenvalue weighted by Gasteiger charge is -2.19. The highest BCUT2D eigenvalue weighted by Crippen LogP contribution is 2.30. The van der Waals surface area contributed by atoms with E-state index in [1.54, 1.807) is 0 Å². The topological polar surface area (TPSA) is 32.8 Å². The molecule has 0 radical (unpaired) electrons. The van der Waals surface area contributed by atoms with E-state index in [1.165, 1.54) is 31.5 Å². The lowest BCUT2D eigenvalue weighted by molar-refractivity contribution is 0.0751. The van der Waals surface area contributed by atoms with Crippen molar-refractivity contribution in [3.05, 3.63) is 35.4 Å². The summed E-state index contributed by atoms with van der Waals surface area (Å²) < 4.78 is 5.50. The quantitative estimate of drug-likeness (QED) is 0.856. The fourth-order valence-electron chi connectivity index (χ4n) is 4.04. The number of likely N-dealkylation sites (tertiary alicyclic amines) is 2. The molecule has 1 aromatic rings. The molecular formula is C18H24N2O2. The number of benzene rings is 1. The monoisotopic (exact) mass is 300 g/mol. The summed E-state index contributed by atoms with van der Waals surface area (Å²) in [4.78, 5) is 17.2. The highest BCUT2D eigenvalue weighted by atomic mass is 16.5. The van der Waals surface area contributed by atoms with Gasteiger partial charge in [0.25, 0.3) is 5.91 Å². The Morgan fingerprint density at radius 1 is 1.14 bits per heavy atom. The van der Waals surface area contributed by atoms with Gasteiger partial charge in [0.2, 0.25) is 0 Å². The molecule has 0 unspecified atom stereocenters. The Bertz CT molecular complexity index is 542. The fraction of sp³-hybridized carbons (Fsp3) is 0.611. The zero-order valence-corrected chi connectivity index (χ0v) is 13.0. The second-order valence-electron chi connectivity index (χ2n) is 6.95. The van der Waals surface area contributed by atoms with Crippen molar-refractivity contribution >= 4 is 5.91 Å². The maximum absolute atomic E-state index is 12.7. The predicted molar refractivity (Wildman–Crippen MR) is 84.7 cm³/mol. The number of fused-ring (bicyclic) bond motifs is 1. The number of ether oxygens (including phenoxy) is 1. The molecule has 0 aliphatic carbocycles. The van der Waals surface area contributed by atoms with E-state index in [4.69, 9.17) is 4.74 Å². The smallest absolute Gasteiger partial charge is 0.253 e. The van der Waals surface area contributed by atoms with Crippen LogP contribution in [-0.4, -0.2) is 55.1 Å². The molecule has 0 saturated carbocycles. The van der Waals surface area contributed by atoms with Crippen LogP contribution in [0.5, 0.6) is 0 Å². The average molecular weight is 300 g/mol. The van der Waals surface area contributed by atoms with Gasteiger partial charge in [0, 0.05) is 37.0 Å². The van der Waals surface area contributed by atoms with Crippen molar-refractivity contribution in [1.82, 2.24) is 9.80 Å². The van der Waals surface area contributed by atoms with E-state index >= 15 is 0 Å². The van der Waals surface area contributed by atoms with Crippen LogP contribution in [0.4, 0.5) is 0 Å². The van der Waals surface area contributed by atoms with Crippen LogP contribution in [0, 0.1) is 11.8 Å². The van der Waals surface area contributed by atoms with Gasteiger partial charge in [-0.1, -0.05) is 12.1 Å².